The Morgan fingerprint density at radius 3 is 1.50 bits per heavy atom. The van der Waals surface area contributed by atoms with Gasteiger partial charge in [0.15, 0.2) is 0 Å². The van der Waals surface area contributed by atoms with Crippen LogP contribution in [0.15, 0.2) is 0 Å². The van der Waals surface area contributed by atoms with E-state index in [-0.39, 0.29) is 5.79 Å². The van der Waals surface area contributed by atoms with Crippen LogP contribution in [0.3, 0.4) is 0 Å². The molecule has 3 nitrogen and oxygen atoms in total. The van der Waals surface area contributed by atoms with Crippen molar-refractivity contribution in [1.82, 2.24) is 15.1 Å². The summed E-state index contributed by atoms with van der Waals surface area (Å²) >= 11 is 0. The molecule has 16 heavy (non-hydrogen) atoms. The van der Waals surface area contributed by atoms with Gasteiger partial charge in [-0.25, -0.2) is 0 Å². The van der Waals surface area contributed by atoms with Gasteiger partial charge in [0, 0.05) is 10.2 Å². The van der Waals surface area contributed by atoms with E-state index in [1.54, 1.807) is 0 Å². The Morgan fingerprint density at radius 2 is 1.31 bits per heavy atom. The zero-order chi connectivity index (χ0) is 12.8. The minimum Gasteiger partial charge on any atom is -0.288 e. The molecule has 98 valence electrons. The van der Waals surface area contributed by atoms with Gasteiger partial charge in [0.05, 0.1) is 0 Å². The van der Waals surface area contributed by atoms with Gasteiger partial charge in [0.25, 0.3) is 0 Å². The number of nitrogens with one attached hydrogen (secondary N) is 1. The van der Waals surface area contributed by atoms with Crippen molar-refractivity contribution < 1.29 is 0 Å². The number of hydrogen-bond donors (Lipinski definition) is 1. The van der Waals surface area contributed by atoms with Crippen molar-refractivity contribution in [3.05, 3.63) is 0 Å². The predicted octanol–water partition coefficient (Wildman–Crippen LogP) is 0.645. The normalized spacial score (nSPS) is 15.0. The first kappa shape index (κ1) is 16.1. The minimum atomic E-state index is 0.00810. The maximum Gasteiger partial charge on any atom is 0.125 e. The largest absolute Gasteiger partial charge is 0.288 e. The van der Waals surface area contributed by atoms with E-state index < -0.39 is 0 Å². The first-order valence-corrected chi connectivity index (χ1v) is 7.89. The van der Waals surface area contributed by atoms with Crippen LogP contribution in [0.25, 0.3) is 0 Å². The van der Waals surface area contributed by atoms with Crippen molar-refractivity contribution in [3.63, 3.8) is 0 Å². The number of hydrogen-bond acceptors (Lipinski definition) is 3. The average molecular weight is 245 g/mol. The molecule has 0 bridgehead atoms. The SMILES string of the molecule is CCN(CC)C(C)(NC(C)[SiH3])N(CC)CC. The van der Waals surface area contributed by atoms with Gasteiger partial charge in [-0.05, 0) is 38.8 Å². The van der Waals surface area contributed by atoms with Crippen LogP contribution in [0.1, 0.15) is 41.5 Å². The fourth-order valence-electron chi connectivity index (χ4n) is 2.61. The van der Waals surface area contributed by atoms with Crippen LogP contribution < -0.4 is 5.32 Å². The van der Waals surface area contributed by atoms with Gasteiger partial charge < -0.3 is 0 Å². The molecule has 0 heterocycles. The summed E-state index contributed by atoms with van der Waals surface area (Å²) in [6.07, 6.45) is 0. The zero-order valence-electron chi connectivity index (χ0n) is 12.3. The average Bonchev–Trinajstić information content (AvgIpc) is 2.19. The summed E-state index contributed by atoms with van der Waals surface area (Å²) in [7, 11) is 1.19. The molecule has 0 radical (unpaired) electrons. The number of rotatable bonds is 8. The van der Waals surface area contributed by atoms with Gasteiger partial charge in [0.1, 0.15) is 5.79 Å². The van der Waals surface area contributed by atoms with Crippen molar-refractivity contribution in [1.29, 1.82) is 0 Å². The lowest BCUT2D eigenvalue weighted by molar-refractivity contribution is -0.0643. The third kappa shape index (κ3) is 3.84. The maximum atomic E-state index is 3.77. The van der Waals surface area contributed by atoms with E-state index in [0.29, 0.717) is 5.67 Å². The van der Waals surface area contributed by atoms with Gasteiger partial charge >= 0.3 is 0 Å². The summed E-state index contributed by atoms with van der Waals surface area (Å²) in [4.78, 5) is 5.02. The second-order valence-corrected chi connectivity index (χ2v) is 6.40. The molecule has 4 heteroatoms. The number of nitrogens with zero attached hydrogens (tertiary/aromatic N) is 2. The lowest BCUT2D eigenvalue weighted by Crippen LogP contribution is -2.68. The van der Waals surface area contributed by atoms with Crippen LogP contribution in [0.5, 0.6) is 0 Å². The highest BCUT2D eigenvalue weighted by Crippen LogP contribution is 2.17. The van der Waals surface area contributed by atoms with Crippen molar-refractivity contribution in [2.24, 2.45) is 0 Å². The lowest BCUT2D eigenvalue weighted by Gasteiger charge is -2.49. The third-order valence-corrected chi connectivity index (χ3v) is 3.61. The van der Waals surface area contributed by atoms with Gasteiger partial charge in [0.2, 0.25) is 0 Å². The van der Waals surface area contributed by atoms with Gasteiger partial charge in [-0.15, -0.1) is 0 Å². The van der Waals surface area contributed by atoms with E-state index in [1.165, 1.54) is 10.2 Å². The molecule has 0 saturated carbocycles. The Balaban J connectivity index is 4.97. The van der Waals surface area contributed by atoms with E-state index in [0.717, 1.165) is 26.2 Å². The summed E-state index contributed by atoms with van der Waals surface area (Å²) in [5.74, 6) is 0.00810. The van der Waals surface area contributed by atoms with Gasteiger partial charge in [-0.3, -0.25) is 15.1 Å². The van der Waals surface area contributed by atoms with E-state index in [9.17, 15) is 0 Å². The van der Waals surface area contributed by atoms with Crippen LogP contribution in [0.4, 0.5) is 0 Å². The molecule has 0 fully saturated rings. The zero-order valence-corrected chi connectivity index (χ0v) is 14.3. The second kappa shape index (κ2) is 7.43. The lowest BCUT2D eigenvalue weighted by atomic mass is 10.2. The summed E-state index contributed by atoms with van der Waals surface area (Å²) in [6.45, 7) is 17.9. The summed E-state index contributed by atoms with van der Waals surface area (Å²) in [5, 5.41) is 3.77. The molecule has 0 rings (SSSR count). The van der Waals surface area contributed by atoms with E-state index >= 15 is 0 Å². The minimum absolute atomic E-state index is 0.00810. The van der Waals surface area contributed by atoms with Gasteiger partial charge in [-0.1, -0.05) is 34.6 Å². The highest BCUT2D eigenvalue weighted by molar-refractivity contribution is 6.11. The molecular formula is C12H31N3Si. The molecule has 1 N–H and O–H groups in total. The molecule has 0 spiro atoms. The summed E-state index contributed by atoms with van der Waals surface area (Å²) in [5.41, 5.74) is 0.631. The van der Waals surface area contributed by atoms with Crippen molar-refractivity contribution >= 4 is 10.2 Å². The summed E-state index contributed by atoms with van der Waals surface area (Å²) in [6, 6.07) is 0. The highest BCUT2D eigenvalue weighted by atomic mass is 28.1. The maximum absolute atomic E-state index is 3.77. The first-order chi connectivity index (χ1) is 7.46. The first-order valence-electron chi connectivity index (χ1n) is 6.73. The topological polar surface area (TPSA) is 18.5 Å². The van der Waals surface area contributed by atoms with Crippen molar-refractivity contribution in [2.75, 3.05) is 26.2 Å². The van der Waals surface area contributed by atoms with Gasteiger partial charge in [-0.2, -0.15) is 0 Å². The Kier molecular flexibility index (Phi) is 7.47. The molecule has 0 aliphatic carbocycles. The fourth-order valence-corrected chi connectivity index (χ4v) is 3.16. The molecule has 0 aromatic carbocycles. The molecule has 1 atom stereocenters. The molecule has 0 saturated heterocycles. The summed E-state index contributed by atoms with van der Waals surface area (Å²) < 4.78 is 0. The quantitative estimate of drug-likeness (QED) is 0.500. The third-order valence-electron chi connectivity index (χ3n) is 3.32. The molecule has 0 aliphatic heterocycles. The Bertz CT molecular complexity index is 165. The van der Waals surface area contributed by atoms with Crippen LogP contribution in [-0.2, 0) is 0 Å². The van der Waals surface area contributed by atoms with Crippen LogP contribution in [-0.4, -0.2) is 57.7 Å². The second-order valence-electron chi connectivity index (χ2n) is 4.66. The van der Waals surface area contributed by atoms with Crippen LogP contribution >= 0.6 is 0 Å². The highest BCUT2D eigenvalue weighted by Gasteiger charge is 2.34. The Hall–Kier alpha value is 0.0969. The predicted molar refractivity (Wildman–Crippen MR) is 76.8 cm³/mol. The standard InChI is InChI=1S/C12H31N3Si/c1-7-14(8-2)12(6,13-11(5)16)15(9-3)10-4/h11,13H,7-10H2,1-6,16H3. The van der Waals surface area contributed by atoms with Crippen LogP contribution in [0.2, 0.25) is 0 Å². The van der Waals surface area contributed by atoms with E-state index in [1.807, 2.05) is 0 Å². The molecule has 0 aromatic rings. The van der Waals surface area contributed by atoms with Crippen molar-refractivity contribution in [2.45, 2.75) is 53.0 Å². The Morgan fingerprint density at radius 1 is 1.00 bits per heavy atom. The molecule has 0 aromatic heterocycles. The van der Waals surface area contributed by atoms with E-state index in [2.05, 4.69) is 56.7 Å². The fraction of sp³-hybridized carbons (Fsp3) is 1.00. The monoisotopic (exact) mass is 245 g/mol. The van der Waals surface area contributed by atoms with Crippen LogP contribution in [0, 0.1) is 0 Å². The molecule has 0 amide bonds. The smallest absolute Gasteiger partial charge is 0.125 e. The Labute approximate surface area is 105 Å². The molecule has 1 unspecified atom stereocenters. The van der Waals surface area contributed by atoms with Crippen molar-refractivity contribution in [3.8, 4) is 0 Å². The molecule has 0 aliphatic rings. The van der Waals surface area contributed by atoms with E-state index in [4.69, 9.17) is 0 Å². The molecular weight excluding hydrogens is 214 g/mol.